The number of halogens is 2. The number of hydrogen-bond acceptors (Lipinski definition) is 5. The second kappa shape index (κ2) is 8.13. The minimum absolute atomic E-state index is 0.236. The Hall–Kier alpha value is -1.69. The van der Waals surface area contributed by atoms with E-state index in [4.69, 9.17) is 32.4 Å². The molecule has 0 fully saturated rings. The van der Waals surface area contributed by atoms with Gasteiger partial charge in [-0.25, -0.2) is 0 Å². The Morgan fingerprint density at radius 3 is 2.72 bits per heavy atom. The van der Waals surface area contributed by atoms with Crippen molar-refractivity contribution < 1.29 is 9.15 Å². The second-order valence-corrected chi connectivity index (χ2v) is 7.31. The molecule has 130 valence electrons. The van der Waals surface area contributed by atoms with Crippen molar-refractivity contribution in [2.45, 2.75) is 31.4 Å². The minimum Gasteiger partial charge on any atom is -0.484 e. The maximum absolute atomic E-state index is 6.16. The Kier molecular flexibility index (Phi) is 5.89. The average molecular weight is 395 g/mol. The highest BCUT2D eigenvalue weighted by atomic mass is 35.5. The van der Waals surface area contributed by atoms with Gasteiger partial charge in [-0.2, -0.15) is 0 Å². The monoisotopic (exact) mass is 394 g/mol. The van der Waals surface area contributed by atoms with E-state index < -0.39 is 0 Å². The number of nitrogens with zero attached hydrogens (tertiary/aromatic N) is 2. The van der Waals surface area contributed by atoms with Gasteiger partial charge in [-0.1, -0.05) is 53.2 Å². The molecule has 0 N–H and O–H groups in total. The highest BCUT2D eigenvalue weighted by Gasteiger charge is 2.10. The third-order valence-corrected chi connectivity index (χ3v) is 4.96. The number of rotatable bonds is 6. The quantitative estimate of drug-likeness (QED) is 0.489. The molecule has 0 saturated carbocycles. The lowest BCUT2D eigenvalue weighted by atomic mass is 10.1. The fourth-order valence-electron chi connectivity index (χ4n) is 2.14. The van der Waals surface area contributed by atoms with Gasteiger partial charge in [0.15, 0.2) is 6.61 Å². The Morgan fingerprint density at radius 2 is 1.92 bits per heavy atom. The van der Waals surface area contributed by atoms with Crippen molar-refractivity contribution >= 4 is 35.0 Å². The summed E-state index contributed by atoms with van der Waals surface area (Å²) >= 11 is 13.5. The van der Waals surface area contributed by atoms with E-state index in [2.05, 4.69) is 10.2 Å². The van der Waals surface area contributed by atoms with E-state index in [0.29, 0.717) is 26.9 Å². The third kappa shape index (κ3) is 4.91. The zero-order chi connectivity index (χ0) is 17.8. The molecule has 0 aliphatic heterocycles. The first-order valence-electron chi connectivity index (χ1n) is 7.60. The molecule has 0 bridgehead atoms. The number of ether oxygens (including phenoxy) is 1. The number of aromatic nitrogens is 2. The summed E-state index contributed by atoms with van der Waals surface area (Å²) in [6.45, 7) is 4.26. The van der Waals surface area contributed by atoms with E-state index in [-0.39, 0.29) is 6.61 Å². The molecule has 7 heteroatoms. The molecule has 4 nitrogen and oxygen atoms in total. The fraction of sp³-hybridized carbons (Fsp3) is 0.222. The summed E-state index contributed by atoms with van der Waals surface area (Å²) in [5.74, 6) is 1.88. The molecule has 0 atom stereocenters. The molecular weight excluding hydrogens is 379 g/mol. The standard InChI is InChI=1S/C18H16Cl2N2O2S/c1-11-3-4-12(2)16(7-11)23-9-17-21-22-18(24-17)25-10-13-5-6-14(19)8-15(13)20/h3-8H,9-10H2,1-2H3. The smallest absolute Gasteiger partial charge is 0.277 e. The van der Waals surface area contributed by atoms with Crippen LogP contribution < -0.4 is 4.74 Å². The minimum atomic E-state index is 0.236. The molecule has 1 heterocycles. The molecule has 1 aromatic heterocycles. The van der Waals surface area contributed by atoms with Gasteiger partial charge in [-0.15, -0.1) is 10.2 Å². The van der Waals surface area contributed by atoms with Gasteiger partial charge >= 0.3 is 0 Å². The summed E-state index contributed by atoms with van der Waals surface area (Å²) in [4.78, 5) is 0. The first-order chi connectivity index (χ1) is 12.0. The number of thioether (sulfide) groups is 1. The molecule has 0 unspecified atom stereocenters. The maximum Gasteiger partial charge on any atom is 0.277 e. The van der Waals surface area contributed by atoms with Crippen molar-refractivity contribution in [1.29, 1.82) is 0 Å². The lowest BCUT2D eigenvalue weighted by molar-refractivity contribution is 0.250. The van der Waals surface area contributed by atoms with Crippen LogP contribution in [0.1, 0.15) is 22.6 Å². The van der Waals surface area contributed by atoms with E-state index in [1.54, 1.807) is 12.1 Å². The van der Waals surface area contributed by atoms with Gasteiger partial charge in [-0.3, -0.25) is 0 Å². The predicted molar refractivity (Wildman–Crippen MR) is 101 cm³/mol. The first-order valence-corrected chi connectivity index (χ1v) is 9.34. The van der Waals surface area contributed by atoms with Crippen LogP contribution in [0.2, 0.25) is 10.0 Å². The van der Waals surface area contributed by atoms with E-state index in [1.165, 1.54) is 11.8 Å². The van der Waals surface area contributed by atoms with Crippen LogP contribution >= 0.6 is 35.0 Å². The van der Waals surface area contributed by atoms with Gasteiger partial charge in [0.2, 0.25) is 0 Å². The Balaban J connectivity index is 1.58. The molecule has 0 amide bonds. The molecule has 2 aromatic carbocycles. The maximum atomic E-state index is 6.16. The highest BCUT2D eigenvalue weighted by Crippen LogP contribution is 2.28. The predicted octanol–water partition coefficient (Wildman–Crippen LogP) is 5.86. The van der Waals surface area contributed by atoms with Gasteiger partial charge in [0, 0.05) is 15.8 Å². The summed E-state index contributed by atoms with van der Waals surface area (Å²) in [7, 11) is 0. The van der Waals surface area contributed by atoms with Crippen molar-refractivity contribution in [3.05, 3.63) is 69.0 Å². The number of aryl methyl sites for hydroxylation is 2. The van der Waals surface area contributed by atoms with Crippen molar-refractivity contribution in [1.82, 2.24) is 10.2 Å². The molecule has 3 rings (SSSR count). The van der Waals surface area contributed by atoms with Crippen molar-refractivity contribution in [3.63, 3.8) is 0 Å². The Morgan fingerprint density at radius 1 is 1.08 bits per heavy atom. The van der Waals surface area contributed by atoms with Crippen LogP contribution in [0.15, 0.2) is 46.0 Å². The van der Waals surface area contributed by atoms with Crippen molar-refractivity contribution in [2.24, 2.45) is 0 Å². The summed E-state index contributed by atoms with van der Waals surface area (Å²) < 4.78 is 11.4. The zero-order valence-electron chi connectivity index (χ0n) is 13.8. The summed E-state index contributed by atoms with van der Waals surface area (Å²) in [5, 5.41) is 9.76. The van der Waals surface area contributed by atoms with E-state index in [0.717, 1.165) is 22.4 Å². The Labute approximate surface area is 160 Å². The van der Waals surface area contributed by atoms with E-state index in [1.807, 2.05) is 38.1 Å². The number of benzene rings is 2. The van der Waals surface area contributed by atoms with Gasteiger partial charge in [0.25, 0.3) is 11.1 Å². The largest absolute Gasteiger partial charge is 0.484 e. The molecule has 0 aliphatic rings. The van der Waals surface area contributed by atoms with Crippen LogP contribution in [0.3, 0.4) is 0 Å². The van der Waals surface area contributed by atoms with Crippen LogP contribution in [-0.4, -0.2) is 10.2 Å². The van der Waals surface area contributed by atoms with E-state index in [9.17, 15) is 0 Å². The lowest BCUT2D eigenvalue weighted by Crippen LogP contribution is -1.97. The van der Waals surface area contributed by atoms with Crippen LogP contribution in [0.4, 0.5) is 0 Å². The zero-order valence-corrected chi connectivity index (χ0v) is 16.1. The fourth-order valence-corrected chi connectivity index (χ4v) is 3.47. The normalized spacial score (nSPS) is 10.9. The molecule has 0 spiro atoms. The average Bonchev–Trinajstić information content (AvgIpc) is 3.03. The van der Waals surface area contributed by atoms with Crippen molar-refractivity contribution in [3.8, 4) is 5.75 Å². The van der Waals surface area contributed by atoms with Gasteiger partial charge in [0.1, 0.15) is 5.75 Å². The Bertz CT molecular complexity index is 883. The first kappa shape index (κ1) is 18.1. The van der Waals surface area contributed by atoms with Gasteiger partial charge in [-0.05, 0) is 48.7 Å². The molecular formula is C18H16Cl2N2O2S. The van der Waals surface area contributed by atoms with Gasteiger partial charge in [0.05, 0.1) is 0 Å². The van der Waals surface area contributed by atoms with Crippen LogP contribution in [0.5, 0.6) is 5.75 Å². The highest BCUT2D eigenvalue weighted by molar-refractivity contribution is 7.98. The van der Waals surface area contributed by atoms with E-state index >= 15 is 0 Å². The summed E-state index contributed by atoms with van der Waals surface area (Å²) in [6, 6.07) is 11.5. The molecule has 25 heavy (non-hydrogen) atoms. The third-order valence-electron chi connectivity index (χ3n) is 3.51. The topological polar surface area (TPSA) is 48.2 Å². The summed E-state index contributed by atoms with van der Waals surface area (Å²) in [5.41, 5.74) is 3.17. The molecule has 3 aromatic rings. The SMILES string of the molecule is Cc1ccc(C)c(OCc2nnc(SCc3ccc(Cl)cc3Cl)o2)c1. The second-order valence-electron chi connectivity index (χ2n) is 5.54. The number of hydrogen-bond donors (Lipinski definition) is 0. The summed E-state index contributed by atoms with van der Waals surface area (Å²) in [6.07, 6.45) is 0. The van der Waals surface area contributed by atoms with Crippen molar-refractivity contribution in [2.75, 3.05) is 0 Å². The lowest BCUT2D eigenvalue weighted by Gasteiger charge is -2.07. The van der Waals surface area contributed by atoms with Crippen LogP contribution in [0.25, 0.3) is 0 Å². The van der Waals surface area contributed by atoms with Crippen LogP contribution in [0, 0.1) is 13.8 Å². The van der Waals surface area contributed by atoms with Gasteiger partial charge < -0.3 is 9.15 Å². The molecule has 0 aliphatic carbocycles. The molecule has 0 saturated heterocycles. The van der Waals surface area contributed by atoms with Crippen LogP contribution in [-0.2, 0) is 12.4 Å². The molecule has 0 radical (unpaired) electrons.